The lowest BCUT2D eigenvalue weighted by molar-refractivity contribution is 0.00578. The van der Waals surface area contributed by atoms with Crippen molar-refractivity contribution in [2.45, 2.75) is 77.7 Å². The molecule has 0 spiro atoms. The number of hydrogen-bond acceptors (Lipinski definition) is 5. The molecule has 9 heteroatoms. The molecule has 31 heavy (non-hydrogen) atoms. The lowest BCUT2D eigenvalue weighted by Gasteiger charge is -2.32. The number of carbonyl (C=O) groups is 2. The van der Waals surface area contributed by atoms with Gasteiger partial charge in [-0.2, -0.15) is 0 Å². The predicted molar refractivity (Wildman–Crippen MR) is 116 cm³/mol. The van der Waals surface area contributed by atoms with Crippen molar-refractivity contribution in [3.05, 3.63) is 29.6 Å². The lowest BCUT2D eigenvalue weighted by Crippen LogP contribution is -2.41. The Bertz CT molecular complexity index is 852. The van der Waals surface area contributed by atoms with Crippen molar-refractivity contribution in [2.24, 2.45) is 0 Å². The summed E-state index contributed by atoms with van der Waals surface area (Å²) < 4.78 is 32.0. The van der Waals surface area contributed by atoms with Crippen molar-refractivity contribution in [3.8, 4) is 0 Å². The molecule has 1 N–H and O–H groups in total. The second-order valence-electron chi connectivity index (χ2n) is 10.2. The summed E-state index contributed by atoms with van der Waals surface area (Å²) in [6, 6.07) is 4.19. The number of nitrogens with zero attached hydrogens (tertiary/aromatic N) is 1. The molecule has 170 valence electrons. The maximum Gasteiger partial charge on any atom is 0.494 e. The highest BCUT2D eigenvalue weighted by molar-refractivity contribution is 6.62. The van der Waals surface area contributed by atoms with E-state index in [1.807, 2.05) is 27.7 Å². The van der Waals surface area contributed by atoms with Crippen LogP contribution >= 0.6 is 0 Å². The van der Waals surface area contributed by atoms with Crippen LogP contribution in [0.4, 0.5) is 9.18 Å². The summed E-state index contributed by atoms with van der Waals surface area (Å²) in [6.45, 7) is 13.8. The van der Waals surface area contributed by atoms with Crippen molar-refractivity contribution in [3.63, 3.8) is 0 Å². The summed E-state index contributed by atoms with van der Waals surface area (Å²) in [5.41, 5.74) is -1.15. The lowest BCUT2D eigenvalue weighted by atomic mass is 9.78. The van der Waals surface area contributed by atoms with E-state index < -0.39 is 41.7 Å². The first-order valence-corrected chi connectivity index (χ1v) is 10.6. The third-order valence-electron chi connectivity index (χ3n) is 5.95. The van der Waals surface area contributed by atoms with Gasteiger partial charge in [-0.15, -0.1) is 0 Å². The van der Waals surface area contributed by atoms with Crippen LogP contribution in [-0.2, 0) is 14.0 Å². The molecule has 0 radical (unpaired) electrons. The summed E-state index contributed by atoms with van der Waals surface area (Å²) in [5.74, 6) is -1.03. The zero-order chi connectivity index (χ0) is 23.2. The van der Waals surface area contributed by atoms with Gasteiger partial charge in [-0.3, -0.25) is 4.79 Å². The molecule has 3 rings (SSSR count). The number of ether oxygens (including phenoxy) is 1. The average molecular weight is 434 g/mol. The molecule has 2 heterocycles. The van der Waals surface area contributed by atoms with Crippen LogP contribution < -0.4 is 10.8 Å². The van der Waals surface area contributed by atoms with E-state index in [1.165, 1.54) is 17.0 Å². The molecule has 1 aromatic carbocycles. The van der Waals surface area contributed by atoms with E-state index in [4.69, 9.17) is 14.0 Å². The second-order valence-corrected chi connectivity index (χ2v) is 10.2. The van der Waals surface area contributed by atoms with Gasteiger partial charge in [-0.1, -0.05) is 6.07 Å². The van der Waals surface area contributed by atoms with Crippen molar-refractivity contribution in [1.29, 1.82) is 0 Å². The van der Waals surface area contributed by atoms with Crippen molar-refractivity contribution < 1.29 is 28.0 Å². The number of benzene rings is 1. The summed E-state index contributed by atoms with van der Waals surface area (Å²) in [5, 5.41) is 2.77. The maximum absolute atomic E-state index is 14.8. The number of halogens is 1. The van der Waals surface area contributed by atoms with Gasteiger partial charge in [0.1, 0.15) is 11.4 Å². The second kappa shape index (κ2) is 8.09. The summed E-state index contributed by atoms with van der Waals surface area (Å²) in [6.07, 6.45) is 0.0586. The molecule has 0 aromatic heterocycles. The van der Waals surface area contributed by atoms with Crippen LogP contribution in [0.2, 0.25) is 0 Å². The Morgan fingerprint density at radius 2 is 1.81 bits per heavy atom. The summed E-state index contributed by atoms with van der Waals surface area (Å²) in [7, 11) is -0.696. The fourth-order valence-corrected chi connectivity index (χ4v) is 3.54. The topological polar surface area (TPSA) is 77.1 Å². The Morgan fingerprint density at radius 1 is 1.19 bits per heavy atom. The quantitative estimate of drug-likeness (QED) is 0.741. The fraction of sp³-hybridized carbons (Fsp3) is 0.636. The SMILES string of the molecule is CC(C)(C)OC(=O)N[C@@H]1CCN(C(=O)c2ccc(B3OC(C)(C)C(C)(C)O3)cc2F)C1. The molecule has 0 saturated carbocycles. The minimum atomic E-state index is -0.696. The molecule has 7 nitrogen and oxygen atoms in total. The van der Waals surface area contributed by atoms with E-state index in [0.29, 0.717) is 25.0 Å². The molecule has 2 saturated heterocycles. The van der Waals surface area contributed by atoms with E-state index in [-0.39, 0.29) is 11.6 Å². The monoisotopic (exact) mass is 434 g/mol. The maximum atomic E-state index is 14.8. The first-order chi connectivity index (χ1) is 14.2. The number of carbonyl (C=O) groups excluding carboxylic acids is 2. The highest BCUT2D eigenvalue weighted by Gasteiger charge is 2.51. The van der Waals surface area contributed by atoms with Gasteiger partial charge in [0.2, 0.25) is 0 Å². The van der Waals surface area contributed by atoms with Crippen molar-refractivity contribution in [1.82, 2.24) is 10.2 Å². The molecule has 2 fully saturated rings. The summed E-state index contributed by atoms with van der Waals surface area (Å²) in [4.78, 5) is 26.3. The van der Waals surface area contributed by atoms with Crippen LogP contribution in [0.25, 0.3) is 0 Å². The smallest absolute Gasteiger partial charge is 0.444 e. The first kappa shape index (κ1) is 23.5. The molecular formula is C22H32BFN2O5. The zero-order valence-corrected chi connectivity index (χ0v) is 19.4. The Hall–Kier alpha value is -2.13. The Morgan fingerprint density at radius 3 is 2.35 bits per heavy atom. The van der Waals surface area contributed by atoms with Crippen LogP contribution in [0.15, 0.2) is 18.2 Å². The van der Waals surface area contributed by atoms with Gasteiger partial charge in [0.05, 0.1) is 22.8 Å². The Balaban J connectivity index is 1.64. The number of nitrogens with one attached hydrogen (secondary N) is 1. The van der Waals surface area contributed by atoms with Crippen LogP contribution in [0.3, 0.4) is 0 Å². The Kier molecular flexibility index (Phi) is 6.14. The van der Waals surface area contributed by atoms with Crippen molar-refractivity contribution >= 4 is 24.6 Å². The van der Waals surface area contributed by atoms with Crippen LogP contribution in [0.1, 0.15) is 65.2 Å². The van der Waals surface area contributed by atoms with E-state index in [2.05, 4.69) is 5.32 Å². The molecule has 2 amide bonds. The zero-order valence-electron chi connectivity index (χ0n) is 19.4. The van der Waals surface area contributed by atoms with E-state index >= 15 is 0 Å². The van der Waals surface area contributed by atoms with Gasteiger partial charge >= 0.3 is 13.2 Å². The van der Waals surface area contributed by atoms with E-state index in [0.717, 1.165) is 0 Å². The first-order valence-electron chi connectivity index (χ1n) is 10.6. The van der Waals surface area contributed by atoms with Gasteiger partial charge in [0.15, 0.2) is 0 Å². The number of alkyl carbamates (subject to hydrolysis) is 1. The van der Waals surface area contributed by atoms with Gasteiger partial charge in [0.25, 0.3) is 5.91 Å². The molecule has 0 bridgehead atoms. The minimum absolute atomic E-state index is 0.0156. The fourth-order valence-electron chi connectivity index (χ4n) is 3.54. The van der Waals surface area contributed by atoms with Crippen LogP contribution in [0.5, 0.6) is 0 Å². The number of likely N-dealkylation sites (tertiary alicyclic amines) is 1. The Labute approximate surface area is 183 Å². The third-order valence-corrected chi connectivity index (χ3v) is 5.95. The van der Waals surface area contributed by atoms with Crippen molar-refractivity contribution in [2.75, 3.05) is 13.1 Å². The average Bonchev–Trinajstić information content (AvgIpc) is 3.14. The van der Waals surface area contributed by atoms with E-state index in [1.54, 1.807) is 26.8 Å². The van der Waals surface area contributed by atoms with Crippen LogP contribution in [0, 0.1) is 5.82 Å². The molecule has 2 aliphatic heterocycles. The highest BCUT2D eigenvalue weighted by Crippen LogP contribution is 2.36. The predicted octanol–water partition coefficient (Wildman–Crippen LogP) is 2.86. The molecule has 0 unspecified atom stereocenters. The summed E-state index contributed by atoms with van der Waals surface area (Å²) >= 11 is 0. The molecule has 2 aliphatic rings. The van der Waals surface area contributed by atoms with E-state index in [9.17, 15) is 14.0 Å². The van der Waals surface area contributed by atoms with Gasteiger partial charge in [-0.05, 0) is 72.5 Å². The molecule has 1 atom stereocenters. The van der Waals surface area contributed by atoms with Gasteiger partial charge in [-0.25, -0.2) is 9.18 Å². The number of rotatable bonds is 3. The number of amides is 2. The number of hydrogen-bond donors (Lipinski definition) is 1. The normalized spacial score (nSPS) is 22.5. The van der Waals surface area contributed by atoms with Gasteiger partial charge in [0, 0.05) is 13.1 Å². The largest absolute Gasteiger partial charge is 0.494 e. The highest BCUT2D eigenvalue weighted by atomic mass is 19.1. The third kappa shape index (κ3) is 5.21. The van der Waals surface area contributed by atoms with Gasteiger partial charge < -0.3 is 24.3 Å². The minimum Gasteiger partial charge on any atom is -0.444 e. The molecule has 1 aromatic rings. The molecule has 0 aliphatic carbocycles. The standard InChI is InChI=1S/C22H32BFN2O5/c1-20(2,3)29-19(28)25-15-10-11-26(13-15)18(27)16-9-8-14(12-17(16)24)23-30-21(4,5)22(6,7)31-23/h8-9,12,15H,10-11,13H2,1-7H3,(H,25,28)/t15-/m1/s1. The molecular weight excluding hydrogens is 402 g/mol. The van der Waals surface area contributed by atoms with Crippen LogP contribution in [-0.4, -0.2) is 60.0 Å².